The molecule has 1 aromatic rings. The molecule has 5 heteroatoms. The van der Waals surface area contributed by atoms with Gasteiger partial charge in [0.05, 0.1) is 6.04 Å². The Morgan fingerprint density at radius 2 is 2.33 bits per heavy atom. The summed E-state index contributed by atoms with van der Waals surface area (Å²) < 4.78 is 5.06. The lowest BCUT2D eigenvalue weighted by atomic mass is 10.0. The Balaban J connectivity index is 2.26. The number of cyclic esters (lactones) is 1. The lowest BCUT2D eigenvalue weighted by molar-refractivity contribution is 0.132. The quantitative estimate of drug-likeness (QED) is 0.660. The molecule has 0 bridgehead atoms. The van der Waals surface area contributed by atoms with E-state index in [-0.39, 0.29) is 11.8 Å². The van der Waals surface area contributed by atoms with E-state index in [1.165, 1.54) is 0 Å². The number of nitrogens with one attached hydrogen (secondary N) is 1. The molecular weight excluding hydrogens is 196 g/mol. The van der Waals surface area contributed by atoms with Crippen LogP contribution in [0.15, 0.2) is 24.3 Å². The van der Waals surface area contributed by atoms with Crippen molar-refractivity contribution < 1.29 is 14.6 Å². The zero-order chi connectivity index (χ0) is 10.8. The molecule has 5 nitrogen and oxygen atoms in total. The first kappa shape index (κ1) is 9.79. The maximum atomic E-state index is 11.0. The largest absolute Gasteiger partial charge is 0.508 e. The summed E-state index contributed by atoms with van der Waals surface area (Å²) in [6.07, 6.45) is -0.895. The molecule has 1 aliphatic rings. The minimum atomic E-state index is -0.473. The fraction of sp³-hybridized carbons (Fsp3) is 0.300. The second-order valence-corrected chi connectivity index (χ2v) is 3.41. The smallest absolute Gasteiger partial charge is 0.408 e. The monoisotopic (exact) mass is 208 g/mol. The van der Waals surface area contributed by atoms with Crippen molar-refractivity contribution in [3.05, 3.63) is 29.8 Å². The van der Waals surface area contributed by atoms with Gasteiger partial charge in [0.15, 0.2) is 6.10 Å². The minimum Gasteiger partial charge on any atom is -0.508 e. The lowest BCUT2D eigenvalue weighted by Crippen LogP contribution is -2.35. The highest BCUT2D eigenvalue weighted by molar-refractivity contribution is 5.70. The molecule has 1 aliphatic heterocycles. The van der Waals surface area contributed by atoms with E-state index in [0.717, 1.165) is 5.56 Å². The first-order valence-corrected chi connectivity index (χ1v) is 4.67. The van der Waals surface area contributed by atoms with E-state index < -0.39 is 12.2 Å². The van der Waals surface area contributed by atoms with Gasteiger partial charge in [0.2, 0.25) is 0 Å². The number of nitrogens with two attached hydrogens (primary N) is 1. The molecule has 0 saturated carbocycles. The molecule has 0 aromatic heterocycles. The van der Waals surface area contributed by atoms with Gasteiger partial charge < -0.3 is 20.9 Å². The summed E-state index contributed by atoms with van der Waals surface area (Å²) in [5.41, 5.74) is 6.24. The summed E-state index contributed by atoms with van der Waals surface area (Å²) in [5, 5.41) is 11.9. The average Bonchev–Trinajstić information content (AvgIpc) is 2.59. The number of benzene rings is 1. The number of carbonyl (C=O) groups excluding carboxylic acids is 1. The highest BCUT2D eigenvalue weighted by Crippen LogP contribution is 2.27. The first-order chi connectivity index (χ1) is 7.20. The van der Waals surface area contributed by atoms with Crippen molar-refractivity contribution in [1.82, 2.24) is 5.32 Å². The molecule has 0 spiro atoms. The van der Waals surface area contributed by atoms with E-state index in [4.69, 9.17) is 10.5 Å². The topological polar surface area (TPSA) is 84.6 Å². The Kier molecular flexibility index (Phi) is 2.47. The zero-order valence-electron chi connectivity index (χ0n) is 8.01. The number of phenolic OH excluding ortho intramolecular Hbond substituents is 1. The predicted octanol–water partition coefficient (Wildman–Crippen LogP) is 0.500. The van der Waals surface area contributed by atoms with Crippen LogP contribution in [0.4, 0.5) is 4.79 Å². The molecule has 2 atom stereocenters. The molecule has 4 N–H and O–H groups in total. The fourth-order valence-electron chi connectivity index (χ4n) is 1.64. The van der Waals surface area contributed by atoms with E-state index in [0.29, 0.717) is 6.54 Å². The number of hydrogen-bond acceptors (Lipinski definition) is 4. The summed E-state index contributed by atoms with van der Waals surface area (Å²) in [7, 11) is 0. The van der Waals surface area contributed by atoms with Crippen LogP contribution in [0.1, 0.15) is 11.7 Å². The van der Waals surface area contributed by atoms with E-state index in [9.17, 15) is 9.90 Å². The number of ether oxygens (including phenoxy) is 1. The van der Waals surface area contributed by atoms with Crippen LogP contribution in [-0.2, 0) is 4.74 Å². The third-order valence-electron chi connectivity index (χ3n) is 2.36. The number of alkyl carbamates (subject to hydrolysis) is 1. The zero-order valence-corrected chi connectivity index (χ0v) is 8.01. The van der Waals surface area contributed by atoms with Crippen LogP contribution in [0.2, 0.25) is 0 Å². The molecule has 80 valence electrons. The normalized spacial score (nSPS) is 24.7. The Bertz CT molecular complexity index is 381. The first-order valence-electron chi connectivity index (χ1n) is 4.67. The van der Waals surface area contributed by atoms with Crippen LogP contribution in [0.5, 0.6) is 5.75 Å². The van der Waals surface area contributed by atoms with Gasteiger partial charge in [0.25, 0.3) is 0 Å². The summed E-state index contributed by atoms with van der Waals surface area (Å²) in [4.78, 5) is 11.0. The van der Waals surface area contributed by atoms with E-state index in [2.05, 4.69) is 5.32 Å². The predicted molar refractivity (Wildman–Crippen MR) is 53.3 cm³/mol. The Morgan fingerprint density at radius 1 is 1.53 bits per heavy atom. The van der Waals surface area contributed by atoms with Gasteiger partial charge in [-0.25, -0.2) is 4.79 Å². The average molecular weight is 208 g/mol. The molecule has 1 fully saturated rings. The van der Waals surface area contributed by atoms with Gasteiger partial charge in [-0.2, -0.15) is 0 Å². The van der Waals surface area contributed by atoms with Gasteiger partial charge in [-0.05, 0) is 17.7 Å². The third-order valence-corrected chi connectivity index (χ3v) is 2.36. The number of hydrogen-bond donors (Lipinski definition) is 3. The van der Waals surface area contributed by atoms with Crippen LogP contribution >= 0.6 is 0 Å². The molecule has 1 saturated heterocycles. The fourth-order valence-corrected chi connectivity index (χ4v) is 1.64. The summed E-state index contributed by atoms with van der Waals surface area (Å²) in [6, 6.07) is 6.37. The summed E-state index contributed by atoms with van der Waals surface area (Å²) in [5.74, 6) is 0.145. The van der Waals surface area contributed by atoms with Crippen molar-refractivity contribution in [2.24, 2.45) is 5.73 Å². The summed E-state index contributed by atoms with van der Waals surface area (Å²) >= 11 is 0. The lowest BCUT2D eigenvalue weighted by Gasteiger charge is -2.15. The molecule has 1 amide bonds. The van der Waals surface area contributed by atoms with E-state index in [1.54, 1.807) is 24.3 Å². The van der Waals surface area contributed by atoms with Crippen LogP contribution in [0.25, 0.3) is 0 Å². The van der Waals surface area contributed by atoms with Gasteiger partial charge in [-0.3, -0.25) is 0 Å². The van der Waals surface area contributed by atoms with E-state index in [1.807, 2.05) is 0 Å². The Hall–Kier alpha value is -1.75. The van der Waals surface area contributed by atoms with Crippen LogP contribution < -0.4 is 11.1 Å². The van der Waals surface area contributed by atoms with Crippen molar-refractivity contribution in [2.75, 3.05) is 6.54 Å². The van der Waals surface area contributed by atoms with Gasteiger partial charge in [-0.15, -0.1) is 0 Å². The standard InChI is InChI=1S/C10H12N2O3/c11-5-8-9(15-10(14)12-8)6-2-1-3-7(13)4-6/h1-4,8-9,13H,5,11H2,(H,12,14). The van der Waals surface area contributed by atoms with Gasteiger partial charge in [0.1, 0.15) is 5.75 Å². The van der Waals surface area contributed by atoms with Crippen molar-refractivity contribution in [2.45, 2.75) is 12.1 Å². The number of phenols is 1. The van der Waals surface area contributed by atoms with Gasteiger partial charge >= 0.3 is 6.09 Å². The SMILES string of the molecule is NCC1NC(=O)OC1c1cccc(O)c1. The molecule has 1 heterocycles. The van der Waals surface area contributed by atoms with Crippen molar-refractivity contribution >= 4 is 6.09 Å². The third kappa shape index (κ3) is 1.87. The van der Waals surface area contributed by atoms with Crippen LogP contribution in [0.3, 0.4) is 0 Å². The molecule has 2 unspecified atom stereocenters. The van der Waals surface area contributed by atoms with Crippen molar-refractivity contribution in [3.63, 3.8) is 0 Å². The van der Waals surface area contributed by atoms with Gasteiger partial charge in [0, 0.05) is 6.54 Å². The Morgan fingerprint density at radius 3 is 3.00 bits per heavy atom. The second kappa shape index (κ2) is 3.78. The summed E-state index contributed by atoms with van der Waals surface area (Å²) in [6.45, 7) is 0.298. The van der Waals surface area contributed by atoms with Crippen LogP contribution in [-0.4, -0.2) is 23.8 Å². The number of carbonyl (C=O) groups is 1. The number of amides is 1. The maximum Gasteiger partial charge on any atom is 0.408 e. The highest BCUT2D eigenvalue weighted by Gasteiger charge is 2.34. The minimum absolute atomic E-state index is 0.145. The molecule has 2 rings (SSSR count). The van der Waals surface area contributed by atoms with Gasteiger partial charge in [-0.1, -0.05) is 12.1 Å². The van der Waals surface area contributed by atoms with Crippen molar-refractivity contribution in [3.8, 4) is 5.75 Å². The molecule has 1 aromatic carbocycles. The second-order valence-electron chi connectivity index (χ2n) is 3.41. The highest BCUT2D eigenvalue weighted by atomic mass is 16.6. The Labute approximate surface area is 86.8 Å². The number of rotatable bonds is 2. The van der Waals surface area contributed by atoms with E-state index >= 15 is 0 Å². The molecule has 15 heavy (non-hydrogen) atoms. The van der Waals surface area contributed by atoms with Crippen LogP contribution in [0, 0.1) is 0 Å². The maximum absolute atomic E-state index is 11.0. The van der Waals surface area contributed by atoms with Crippen molar-refractivity contribution in [1.29, 1.82) is 0 Å². The number of aromatic hydroxyl groups is 1. The molecule has 0 radical (unpaired) electrons. The molecule has 0 aliphatic carbocycles. The molecular formula is C10H12N2O3.